The number of hydrogen-bond acceptors (Lipinski definition) is 4. The molecule has 124 valence electrons. The molecule has 1 aliphatic rings. The molecular weight excluding hydrogens is 294 g/mol. The largest absolute Gasteiger partial charge is 0.460 e. The van der Waals surface area contributed by atoms with Crippen LogP contribution in [0.25, 0.3) is 0 Å². The fraction of sp³-hybridized carbons (Fsp3) is 0.444. The highest BCUT2D eigenvalue weighted by molar-refractivity contribution is 5.89. The molecule has 1 heterocycles. The number of ether oxygens (including phenoxy) is 2. The van der Waals surface area contributed by atoms with Crippen molar-refractivity contribution in [1.82, 2.24) is 4.90 Å². The zero-order valence-corrected chi connectivity index (χ0v) is 13.9. The molecule has 1 amide bonds. The molecule has 0 saturated heterocycles. The van der Waals surface area contributed by atoms with E-state index in [1.54, 1.807) is 58.2 Å². The van der Waals surface area contributed by atoms with Crippen LogP contribution in [0.4, 0.5) is 4.79 Å². The molecule has 0 fully saturated rings. The summed E-state index contributed by atoms with van der Waals surface area (Å²) >= 11 is 0. The summed E-state index contributed by atoms with van der Waals surface area (Å²) in [6.45, 7) is 7.05. The third-order valence-corrected chi connectivity index (χ3v) is 3.15. The Morgan fingerprint density at radius 3 is 2.57 bits per heavy atom. The molecule has 1 aromatic carbocycles. The lowest BCUT2D eigenvalue weighted by Gasteiger charge is -2.27. The first-order valence-electron chi connectivity index (χ1n) is 8.11. The van der Waals surface area contributed by atoms with Crippen molar-refractivity contribution in [3.8, 4) is 0 Å². The van der Waals surface area contributed by atoms with E-state index >= 15 is 0 Å². The number of hydrogen-bond donors (Lipinski definition) is 0. The van der Waals surface area contributed by atoms with Crippen molar-refractivity contribution in [2.75, 3.05) is 6.61 Å². The minimum Gasteiger partial charge on any atom is -0.460 e. The highest BCUT2D eigenvalue weighted by Crippen LogP contribution is 2.24. The Balaban J connectivity index is 2.04. The first kappa shape index (κ1) is 15.6. The van der Waals surface area contributed by atoms with E-state index in [-0.39, 0.29) is 6.61 Å². The molecule has 1 aliphatic heterocycles. The van der Waals surface area contributed by atoms with Crippen molar-refractivity contribution >= 4 is 12.1 Å². The van der Waals surface area contributed by atoms with Gasteiger partial charge in [0.1, 0.15) is 12.2 Å². The van der Waals surface area contributed by atoms with Gasteiger partial charge in [0.2, 0.25) is 0 Å². The molecule has 5 nitrogen and oxygen atoms in total. The number of nitrogens with zero attached hydrogens (tertiary/aromatic N) is 1. The van der Waals surface area contributed by atoms with Crippen molar-refractivity contribution < 1.29 is 20.4 Å². The Hall–Kier alpha value is -2.30. The Morgan fingerprint density at radius 1 is 1.30 bits per heavy atom. The third-order valence-electron chi connectivity index (χ3n) is 3.15. The highest BCUT2D eigenvalue weighted by atomic mass is 16.6. The minimum atomic E-state index is -0.652. The van der Waals surface area contributed by atoms with E-state index in [0.29, 0.717) is 5.56 Å². The lowest BCUT2D eigenvalue weighted by Crippen LogP contribution is -2.40. The summed E-state index contributed by atoms with van der Waals surface area (Å²) < 4.78 is 18.8. The van der Waals surface area contributed by atoms with Crippen LogP contribution in [0.2, 0.25) is 0 Å². The maximum Gasteiger partial charge on any atom is 0.414 e. The number of amides is 1. The normalized spacial score (nSPS) is 21.5. The van der Waals surface area contributed by atoms with E-state index in [1.165, 1.54) is 4.90 Å². The van der Waals surface area contributed by atoms with Crippen LogP contribution in [-0.2, 0) is 9.47 Å². The molecule has 5 heteroatoms. The topological polar surface area (TPSA) is 55.8 Å². The number of rotatable bonds is 3. The van der Waals surface area contributed by atoms with Gasteiger partial charge in [0.05, 0.1) is 11.6 Å². The second kappa shape index (κ2) is 6.86. The third kappa shape index (κ3) is 4.84. The Morgan fingerprint density at radius 2 is 1.96 bits per heavy atom. The molecule has 2 atom stereocenters. The number of carbonyl (C=O) groups excluding carboxylic acids is 2. The van der Waals surface area contributed by atoms with Gasteiger partial charge in [0, 0.05) is 7.57 Å². The molecule has 0 saturated carbocycles. The molecule has 0 radical (unpaired) electrons. The van der Waals surface area contributed by atoms with Gasteiger partial charge in [-0.05, 0) is 46.2 Å². The minimum absolute atomic E-state index is 0.0605. The predicted molar refractivity (Wildman–Crippen MR) is 87.0 cm³/mol. The van der Waals surface area contributed by atoms with E-state index in [0.717, 1.165) is 5.57 Å². The standard InChI is InChI=1S/C18H23NO4/c1-13-10-15(19(11-13)17(21)23-18(2,3)4)12-22-16(20)14-8-6-5-7-9-14/h5-9,11,15H,10,12H2,1-4H3/t15-/m0/s1/i10D/t10-,15-. The van der Waals surface area contributed by atoms with E-state index in [2.05, 4.69) is 0 Å². The molecule has 2 rings (SSSR count). The summed E-state index contributed by atoms with van der Waals surface area (Å²) in [6, 6.07) is 8.03. The summed E-state index contributed by atoms with van der Waals surface area (Å²) in [7, 11) is 0. The lowest BCUT2D eigenvalue weighted by atomic mass is 10.1. The monoisotopic (exact) mass is 318 g/mol. The van der Waals surface area contributed by atoms with Crippen LogP contribution < -0.4 is 0 Å². The molecule has 0 bridgehead atoms. The SMILES string of the molecule is [2H][C@H]1C(C)=CN(C(=O)OC(C)(C)C)[C@@H]1COC(=O)c1ccccc1. The average Bonchev–Trinajstić information content (AvgIpc) is 2.80. The maximum absolute atomic E-state index is 12.3. The molecule has 23 heavy (non-hydrogen) atoms. The summed E-state index contributed by atoms with van der Waals surface area (Å²) in [5, 5.41) is 0. The Kier molecular flexibility index (Phi) is 4.65. The first-order chi connectivity index (χ1) is 11.2. The number of benzene rings is 1. The van der Waals surface area contributed by atoms with Crippen LogP contribution in [0.1, 0.15) is 45.8 Å². The first-order valence-corrected chi connectivity index (χ1v) is 7.53. The quantitative estimate of drug-likeness (QED) is 0.796. The van der Waals surface area contributed by atoms with Crippen molar-refractivity contribution in [2.45, 2.75) is 45.7 Å². The smallest absolute Gasteiger partial charge is 0.414 e. The zero-order valence-electron chi connectivity index (χ0n) is 14.9. The van der Waals surface area contributed by atoms with Gasteiger partial charge >= 0.3 is 12.1 Å². The van der Waals surface area contributed by atoms with Crippen molar-refractivity contribution in [1.29, 1.82) is 0 Å². The van der Waals surface area contributed by atoms with E-state index < -0.39 is 30.1 Å². The van der Waals surface area contributed by atoms with Crippen molar-refractivity contribution in [3.63, 3.8) is 0 Å². The molecule has 0 unspecified atom stereocenters. The molecule has 1 aromatic rings. The zero-order chi connectivity index (χ0) is 17.9. The fourth-order valence-electron chi connectivity index (χ4n) is 2.19. The molecule has 0 spiro atoms. The second-order valence-corrected chi connectivity index (χ2v) is 6.46. The number of carbonyl (C=O) groups is 2. The van der Waals surface area contributed by atoms with E-state index in [9.17, 15) is 9.59 Å². The van der Waals surface area contributed by atoms with Gasteiger partial charge in [0.25, 0.3) is 0 Å². The van der Waals surface area contributed by atoms with Crippen LogP contribution in [0, 0.1) is 0 Å². The Bertz CT molecular complexity index is 636. The van der Waals surface area contributed by atoms with Gasteiger partial charge in [0.15, 0.2) is 0 Å². The predicted octanol–water partition coefficient (Wildman–Crippen LogP) is 3.76. The van der Waals surface area contributed by atoms with Gasteiger partial charge in [-0.1, -0.05) is 23.8 Å². The van der Waals surface area contributed by atoms with Gasteiger partial charge in [-0.15, -0.1) is 0 Å². The summed E-state index contributed by atoms with van der Waals surface area (Å²) in [6.07, 6.45) is 0.394. The van der Waals surface area contributed by atoms with E-state index in [4.69, 9.17) is 10.8 Å². The fourth-order valence-corrected chi connectivity index (χ4v) is 2.19. The molecule has 0 N–H and O–H groups in total. The van der Waals surface area contributed by atoms with Gasteiger partial charge in [-0.3, -0.25) is 4.90 Å². The van der Waals surface area contributed by atoms with Crippen molar-refractivity contribution in [3.05, 3.63) is 47.7 Å². The van der Waals surface area contributed by atoms with Crippen LogP contribution in [0.15, 0.2) is 42.1 Å². The summed E-state index contributed by atoms with van der Waals surface area (Å²) in [5.74, 6) is -0.475. The van der Waals surface area contributed by atoms with Gasteiger partial charge in [-0.2, -0.15) is 0 Å². The van der Waals surface area contributed by atoms with E-state index in [1.807, 2.05) is 6.07 Å². The van der Waals surface area contributed by atoms with Gasteiger partial charge < -0.3 is 9.47 Å². The summed E-state index contributed by atoms with van der Waals surface area (Å²) in [5.41, 5.74) is 0.525. The van der Waals surface area contributed by atoms with Crippen LogP contribution in [0.3, 0.4) is 0 Å². The van der Waals surface area contributed by atoms with Gasteiger partial charge in [-0.25, -0.2) is 9.59 Å². The lowest BCUT2D eigenvalue weighted by molar-refractivity contribution is 0.0162. The Labute approximate surface area is 138 Å². The van der Waals surface area contributed by atoms with Crippen molar-refractivity contribution in [2.24, 2.45) is 0 Å². The number of esters is 1. The molecule has 0 aliphatic carbocycles. The second-order valence-electron chi connectivity index (χ2n) is 6.46. The summed E-state index contributed by atoms with van der Waals surface area (Å²) in [4.78, 5) is 25.7. The van der Waals surface area contributed by atoms with Crippen LogP contribution >= 0.6 is 0 Å². The molecule has 0 aromatic heterocycles. The highest BCUT2D eigenvalue weighted by Gasteiger charge is 2.32. The average molecular weight is 318 g/mol. The van der Waals surface area contributed by atoms with Crippen LogP contribution in [-0.4, -0.2) is 35.2 Å². The van der Waals surface area contributed by atoms with Crippen LogP contribution in [0.5, 0.6) is 0 Å². The molecular formula is C18H23NO4. The maximum atomic E-state index is 12.3.